The number of nitrogens with two attached hydrogens (primary N) is 1. The van der Waals surface area contributed by atoms with Crippen molar-refractivity contribution < 1.29 is 4.39 Å². The van der Waals surface area contributed by atoms with Crippen molar-refractivity contribution in [3.05, 3.63) is 40.6 Å². The molecule has 0 fully saturated rings. The molecule has 0 aliphatic rings. The van der Waals surface area contributed by atoms with E-state index in [-0.39, 0.29) is 5.82 Å². The van der Waals surface area contributed by atoms with Crippen molar-refractivity contribution in [3.8, 4) is 11.4 Å². The number of hydrogen-bond donors (Lipinski definition) is 2. The van der Waals surface area contributed by atoms with E-state index in [9.17, 15) is 4.39 Å². The van der Waals surface area contributed by atoms with Crippen LogP contribution in [0.5, 0.6) is 0 Å². The first-order valence-corrected chi connectivity index (χ1v) is 7.72. The van der Waals surface area contributed by atoms with E-state index in [1.807, 2.05) is 18.2 Å². The van der Waals surface area contributed by atoms with Gasteiger partial charge in [-0.3, -0.25) is 0 Å². The lowest BCUT2D eigenvalue weighted by atomic mass is 10.2. The van der Waals surface area contributed by atoms with Gasteiger partial charge in [-0.25, -0.2) is 14.4 Å². The number of H-pyrrole nitrogens is 1. The minimum absolute atomic E-state index is 0.316. The van der Waals surface area contributed by atoms with Crippen LogP contribution in [0, 0.1) is 5.82 Å². The Hall–Kier alpha value is -1.99. The Bertz CT molecular complexity index is 952. The quantitative estimate of drug-likeness (QED) is 0.529. The highest BCUT2D eigenvalue weighted by Gasteiger charge is 2.10. The van der Waals surface area contributed by atoms with Crippen LogP contribution in [0.15, 0.2) is 34.8 Å². The van der Waals surface area contributed by atoms with E-state index in [4.69, 9.17) is 5.73 Å². The number of benzene rings is 2. The van der Waals surface area contributed by atoms with E-state index in [2.05, 4.69) is 30.9 Å². The molecule has 0 saturated carbocycles. The lowest BCUT2D eigenvalue weighted by Crippen LogP contribution is -1.80. The zero-order valence-electron chi connectivity index (χ0n) is 10.5. The van der Waals surface area contributed by atoms with Crippen LogP contribution < -0.4 is 5.73 Å². The Labute approximate surface area is 131 Å². The van der Waals surface area contributed by atoms with Gasteiger partial charge in [-0.05, 0) is 40.2 Å². The summed E-state index contributed by atoms with van der Waals surface area (Å²) in [4.78, 5) is 11.9. The maximum Gasteiger partial charge on any atom is 0.181 e. The molecule has 21 heavy (non-hydrogen) atoms. The Kier molecular flexibility index (Phi) is 2.73. The Balaban J connectivity index is 1.90. The van der Waals surface area contributed by atoms with Crippen LogP contribution in [-0.2, 0) is 0 Å². The van der Waals surface area contributed by atoms with Gasteiger partial charge in [0.2, 0.25) is 0 Å². The second-order valence-electron chi connectivity index (χ2n) is 4.60. The normalized spacial score (nSPS) is 11.5. The number of fused-ring (bicyclic) bond motifs is 2. The maximum atomic E-state index is 13.6. The number of nitrogens with one attached hydrogen (secondary N) is 1. The van der Waals surface area contributed by atoms with Crippen LogP contribution in [0.4, 0.5) is 9.52 Å². The molecular formula is C14H8BrFN4S. The van der Waals surface area contributed by atoms with Crippen LogP contribution in [0.2, 0.25) is 0 Å². The average molecular weight is 363 g/mol. The first kappa shape index (κ1) is 12.7. The predicted molar refractivity (Wildman–Crippen MR) is 86.8 cm³/mol. The van der Waals surface area contributed by atoms with E-state index in [0.29, 0.717) is 26.5 Å². The number of thiazole rings is 1. The van der Waals surface area contributed by atoms with Crippen LogP contribution in [-0.4, -0.2) is 15.0 Å². The summed E-state index contributed by atoms with van der Waals surface area (Å²) in [5.41, 5.74) is 8.87. The largest absolute Gasteiger partial charge is 0.375 e. The highest BCUT2D eigenvalue weighted by Crippen LogP contribution is 2.30. The first-order chi connectivity index (χ1) is 10.1. The Morgan fingerprint density at radius 1 is 1.14 bits per heavy atom. The fourth-order valence-electron chi connectivity index (χ4n) is 2.23. The lowest BCUT2D eigenvalue weighted by molar-refractivity contribution is 0.623. The molecule has 7 heteroatoms. The number of halogens is 2. The zero-order chi connectivity index (χ0) is 14.6. The third-order valence-electron chi connectivity index (χ3n) is 3.20. The second kappa shape index (κ2) is 4.51. The van der Waals surface area contributed by atoms with Crippen molar-refractivity contribution in [1.82, 2.24) is 15.0 Å². The fourth-order valence-corrected chi connectivity index (χ4v) is 3.34. The van der Waals surface area contributed by atoms with E-state index in [1.54, 1.807) is 6.07 Å². The minimum atomic E-state index is -0.316. The van der Waals surface area contributed by atoms with E-state index < -0.39 is 0 Å². The van der Waals surface area contributed by atoms with Gasteiger partial charge < -0.3 is 10.7 Å². The molecular weight excluding hydrogens is 355 g/mol. The van der Waals surface area contributed by atoms with Gasteiger partial charge in [0, 0.05) is 11.6 Å². The fraction of sp³-hybridized carbons (Fsp3) is 0. The first-order valence-electron chi connectivity index (χ1n) is 6.11. The molecule has 0 spiro atoms. The summed E-state index contributed by atoms with van der Waals surface area (Å²) in [6, 6.07) is 8.89. The van der Waals surface area contributed by atoms with Crippen LogP contribution in [0.1, 0.15) is 0 Å². The van der Waals surface area contributed by atoms with Gasteiger partial charge in [-0.2, -0.15) is 0 Å². The third-order valence-corrected chi connectivity index (χ3v) is 4.66. The second-order valence-corrected chi connectivity index (χ2v) is 6.52. The van der Waals surface area contributed by atoms with E-state index in [0.717, 1.165) is 15.8 Å². The number of anilines is 1. The summed E-state index contributed by atoms with van der Waals surface area (Å²) in [7, 11) is 0. The molecule has 2 aromatic heterocycles. The molecule has 3 N–H and O–H groups in total. The zero-order valence-corrected chi connectivity index (χ0v) is 12.9. The average Bonchev–Trinajstić information content (AvgIpc) is 3.00. The molecule has 0 atom stereocenters. The predicted octanol–water partition coefficient (Wildman–Crippen LogP) is 4.32. The van der Waals surface area contributed by atoms with Crippen molar-refractivity contribution in [1.29, 1.82) is 0 Å². The molecule has 0 bridgehead atoms. The molecule has 0 amide bonds. The molecule has 0 aliphatic heterocycles. The topological polar surface area (TPSA) is 67.6 Å². The molecule has 0 aliphatic carbocycles. The van der Waals surface area contributed by atoms with Gasteiger partial charge in [-0.15, -0.1) is 0 Å². The molecule has 4 nitrogen and oxygen atoms in total. The number of aromatic amines is 1. The van der Waals surface area contributed by atoms with Gasteiger partial charge in [0.25, 0.3) is 0 Å². The van der Waals surface area contributed by atoms with Crippen LogP contribution in [0.3, 0.4) is 0 Å². The maximum absolute atomic E-state index is 13.6. The highest BCUT2D eigenvalue weighted by molar-refractivity contribution is 9.10. The van der Waals surface area contributed by atoms with Crippen LogP contribution >= 0.6 is 27.3 Å². The monoisotopic (exact) mass is 362 g/mol. The molecule has 4 rings (SSSR count). The van der Waals surface area contributed by atoms with Crippen molar-refractivity contribution in [3.63, 3.8) is 0 Å². The number of nitrogen functional groups attached to an aromatic ring is 1. The van der Waals surface area contributed by atoms with E-state index in [1.165, 1.54) is 17.4 Å². The number of imidazole rings is 1. The molecule has 0 unspecified atom stereocenters. The standard InChI is InChI=1S/C14H8BrFN4S/c15-7-4-10-11(5-8(7)16)19-13(18-10)6-1-2-9-12(3-6)21-14(17)20-9/h1-5H,(H2,17,20)(H,18,19). The Morgan fingerprint density at radius 3 is 2.86 bits per heavy atom. The summed E-state index contributed by atoms with van der Waals surface area (Å²) in [6.07, 6.45) is 0. The van der Waals surface area contributed by atoms with Gasteiger partial charge in [0.1, 0.15) is 11.6 Å². The van der Waals surface area contributed by atoms with Gasteiger partial charge in [0.15, 0.2) is 5.13 Å². The minimum Gasteiger partial charge on any atom is -0.375 e. The molecule has 2 aromatic carbocycles. The summed E-state index contributed by atoms with van der Waals surface area (Å²) in [6.45, 7) is 0. The lowest BCUT2D eigenvalue weighted by Gasteiger charge is -1.95. The Morgan fingerprint density at radius 2 is 2.00 bits per heavy atom. The molecule has 4 aromatic rings. The SMILES string of the molecule is Nc1nc2ccc(-c3nc4cc(Br)c(F)cc4[nH]3)cc2s1. The number of rotatable bonds is 1. The number of aromatic nitrogens is 3. The summed E-state index contributed by atoms with van der Waals surface area (Å²) >= 11 is 4.60. The van der Waals surface area contributed by atoms with Crippen molar-refractivity contribution in [2.45, 2.75) is 0 Å². The van der Waals surface area contributed by atoms with Gasteiger partial charge in [0.05, 0.1) is 25.7 Å². The molecule has 2 heterocycles. The summed E-state index contributed by atoms with van der Waals surface area (Å²) < 4.78 is 15.0. The highest BCUT2D eigenvalue weighted by atomic mass is 79.9. The van der Waals surface area contributed by atoms with Gasteiger partial charge >= 0.3 is 0 Å². The van der Waals surface area contributed by atoms with Crippen molar-refractivity contribution in [2.24, 2.45) is 0 Å². The molecule has 0 radical (unpaired) electrons. The van der Waals surface area contributed by atoms with Crippen LogP contribution in [0.25, 0.3) is 32.6 Å². The van der Waals surface area contributed by atoms with Gasteiger partial charge in [-0.1, -0.05) is 11.3 Å². The summed E-state index contributed by atoms with van der Waals surface area (Å²) in [5, 5.41) is 0.540. The smallest absolute Gasteiger partial charge is 0.181 e. The number of nitrogens with zero attached hydrogens (tertiary/aromatic N) is 2. The van der Waals surface area contributed by atoms with Crippen molar-refractivity contribution >= 4 is 53.6 Å². The summed E-state index contributed by atoms with van der Waals surface area (Å²) in [5.74, 6) is 0.375. The third kappa shape index (κ3) is 2.09. The molecule has 104 valence electrons. The van der Waals surface area contributed by atoms with E-state index >= 15 is 0 Å². The van der Waals surface area contributed by atoms with Crippen molar-refractivity contribution in [2.75, 3.05) is 5.73 Å². The molecule has 0 saturated heterocycles. The number of hydrogen-bond acceptors (Lipinski definition) is 4.